The van der Waals surface area contributed by atoms with Crippen LogP contribution in [-0.2, 0) is 11.2 Å². The van der Waals surface area contributed by atoms with Crippen molar-refractivity contribution in [3.05, 3.63) is 42.4 Å². The number of likely N-dealkylation sites (N-methyl/N-ethyl adjacent to an activating group) is 1. The number of carbonyl (C=O) groups is 1. The number of rotatable bonds is 5. The van der Waals surface area contributed by atoms with Gasteiger partial charge in [-0.25, -0.2) is 4.98 Å². The van der Waals surface area contributed by atoms with Gasteiger partial charge in [-0.2, -0.15) is 0 Å². The second-order valence-electron chi connectivity index (χ2n) is 4.26. The Bertz CT molecular complexity index is 519. The molecule has 0 atom stereocenters. The summed E-state index contributed by atoms with van der Waals surface area (Å²) in [6, 6.07) is 7.54. The first kappa shape index (κ1) is 13.1. The van der Waals surface area contributed by atoms with Gasteiger partial charge in [0.25, 0.3) is 0 Å². The number of nitrogens with one attached hydrogen (secondary N) is 2. The van der Waals surface area contributed by atoms with Crippen LogP contribution in [0.1, 0.15) is 12.6 Å². The normalized spacial score (nSPS) is 10.2. The number of hydrogen-bond donors (Lipinski definition) is 2. The zero-order valence-electron chi connectivity index (χ0n) is 11.2. The van der Waals surface area contributed by atoms with Crippen molar-refractivity contribution in [3.8, 4) is 0 Å². The Balaban J connectivity index is 2.02. The van der Waals surface area contributed by atoms with E-state index in [-0.39, 0.29) is 5.91 Å². The molecule has 0 unspecified atom stereocenters. The molecule has 0 aromatic carbocycles. The van der Waals surface area contributed by atoms with Crippen LogP contribution in [0, 0.1) is 0 Å². The molecule has 0 aliphatic rings. The van der Waals surface area contributed by atoms with Crippen LogP contribution in [-0.4, -0.2) is 29.5 Å². The lowest BCUT2D eigenvalue weighted by Crippen LogP contribution is -2.28. The van der Waals surface area contributed by atoms with Crippen LogP contribution in [0.25, 0.3) is 0 Å². The van der Waals surface area contributed by atoms with E-state index in [9.17, 15) is 4.79 Å². The summed E-state index contributed by atoms with van der Waals surface area (Å²) in [5.41, 5.74) is 1.70. The smallest absolute Gasteiger partial charge is 0.232 e. The number of carbonyl (C=O) groups excluding carboxylic acids is 1. The van der Waals surface area contributed by atoms with Gasteiger partial charge in [-0.15, -0.1) is 0 Å². The third-order valence-electron chi connectivity index (χ3n) is 2.87. The van der Waals surface area contributed by atoms with Crippen LogP contribution in [0.5, 0.6) is 0 Å². The SMILES string of the molecule is CCNc1ccc(N(C)C(=O)Cc2ccc[nH]2)cn1. The zero-order chi connectivity index (χ0) is 13.7. The Morgan fingerprint density at radius 2 is 2.26 bits per heavy atom. The monoisotopic (exact) mass is 258 g/mol. The molecule has 0 saturated carbocycles. The molecule has 19 heavy (non-hydrogen) atoms. The molecule has 0 spiro atoms. The average Bonchev–Trinajstić information content (AvgIpc) is 2.92. The van der Waals surface area contributed by atoms with Crippen LogP contribution in [0.15, 0.2) is 36.7 Å². The molecule has 1 amide bonds. The Kier molecular flexibility index (Phi) is 4.18. The maximum atomic E-state index is 12.1. The first-order valence-electron chi connectivity index (χ1n) is 6.29. The highest BCUT2D eigenvalue weighted by Gasteiger charge is 2.12. The van der Waals surface area contributed by atoms with Crippen molar-refractivity contribution in [3.63, 3.8) is 0 Å². The highest BCUT2D eigenvalue weighted by molar-refractivity contribution is 5.93. The first-order chi connectivity index (χ1) is 9.20. The second-order valence-corrected chi connectivity index (χ2v) is 4.26. The Hall–Kier alpha value is -2.30. The molecule has 5 heteroatoms. The zero-order valence-corrected chi connectivity index (χ0v) is 11.2. The molecule has 0 fully saturated rings. The van der Waals surface area contributed by atoms with Gasteiger partial charge in [0.2, 0.25) is 5.91 Å². The summed E-state index contributed by atoms with van der Waals surface area (Å²) in [5, 5.41) is 3.12. The maximum absolute atomic E-state index is 12.1. The number of hydrogen-bond acceptors (Lipinski definition) is 3. The van der Waals surface area contributed by atoms with Crippen LogP contribution in [0.3, 0.4) is 0 Å². The van der Waals surface area contributed by atoms with Crippen LogP contribution in [0.4, 0.5) is 11.5 Å². The predicted octanol–water partition coefficient (Wildman–Crippen LogP) is 2.05. The summed E-state index contributed by atoms with van der Waals surface area (Å²) < 4.78 is 0. The number of aromatic amines is 1. The van der Waals surface area contributed by atoms with Crippen molar-refractivity contribution < 1.29 is 4.79 Å². The van der Waals surface area contributed by atoms with E-state index in [4.69, 9.17) is 0 Å². The number of pyridine rings is 1. The van der Waals surface area contributed by atoms with Crippen molar-refractivity contribution in [1.29, 1.82) is 0 Å². The van der Waals surface area contributed by atoms with E-state index in [0.717, 1.165) is 23.7 Å². The van der Waals surface area contributed by atoms with Crippen LogP contribution >= 0.6 is 0 Å². The van der Waals surface area contributed by atoms with Crippen molar-refractivity contribution in [2.45, 2.75) is 13.3 Å². The van der Waals surface area contributed by atoms with Crippen molar-refractivity contribution in [1.82, 2.24) is 9.97 Å². The number of nitrogens with zero attached hydrogens (tertiary/aromatic N) is 2. The lowest BCUT2D eigenvalue weighted by molar-refractivity contribution is -0.117. The Morgan fingerprint density at radius 1 is 1.42 bits per heavy atom. The molecular formula is C14H18N4O. The second kappa shape index (κ2) is 6.04. The molecule has 0 radical (unpaired) electrons. The molecule has 2 aromatic rings. The van der Waals surface area contributed by atoms with Gasteiger partial charge in [-0.3, -0.25) is 4.79 Å². The number of aromatic nitrogens is 2. The fourth-order valence-corrected chi connectivity index (χ4v) is 1.77. The van der Waals surface area contributed by atoms with E-state index in [0.29, 0.717) is 6.42 Å². The van der Waals surface area contributed by atoms with Crippen LogP contribution < -0.4 is 10.2 Å². The molecule has 2 aromatic heterocycles. The summed E-state index contributed by atoms with van der Waals surface area (Å²) in [6.07, 6.45) is 3.87. The van der Waals surface area contributed by atoms with E-state index in [1.54, 1.807) is 18.1 Å². The third-order valence-corrected chi connectivity index (χ3v) is 2.87. The van der Waals surface area contributed by atoms with Gasteiger partial charge in [0.05, 0.1) is 18.3 Å². The van der Waals surface area contributed by atoms with Gasteiger partial charge in [0, 0.05) is 25.5 Å². The fourth-order valence-electron chi connectivity index (χ4n) is 1.77. The minimum atomic E-state index is 0.0282. The molecule has 0 bridgehead atoms. The minimum absolute atomic E-state index is 0.0282. The summed E-state index contributed by atoms with van der Waals surface area (Å²) in [7, 11) is 1.76. The molecule has 100 valence electrons. The maximum Gasteiger partial charge on any atom is 0.232 e. The molecule has 0 aliphatic heterocycles. The van der Waals surface area contributed by atoms with Crippen molar-refractivity contribution in [2.75, 3.05) is 23.8 Å². The molecule has 5 nitrogen and oxygen atoms in total. The Labute approximate surface area is 112 Å². The summed E-state index contributed by atoms with van der Waals surface area (Å²) >= 11 is 0. The number of anilines is 2. The molecule has 2 rings (SSSR count). The summed E-state index contributed by atoms with van der Waals surface area (Å²) in [5.74, 6) is 0.844. The first-order valence-corrected chi connectivity index (χ1v) is 6.29. The third kappa shape index (κ3) is 3.34. The van der Waals surface area contributed by atoms with Crippen molar-refractivity contribution >= 4 is 17.4 Å². The minimum Gasteiger partial charge on any atom is -0.370 e. The van der Waals surface area contributed by atoms with E-state index in [2.05, 4.69) is 15.3 Å². The average molecular weight is 258 g/mol. The summed E-state index contributed by atoms with van der Waals surface area (Å²) in [6.45, 7) is 2.84. The van der Waals surface area contributed by atoms with Gasteiger partial charge in [-0.05, 0) is 31.2 Å². The van der Waals surface area contributed by atoms with Gasteiger partial charge >= 0.3 is 0 Å². The van der Waals surface area contributed by atoms with Gasteiger partial charge in [0.15, 0.2) is 0 Å². The fraction of sp³-hybridized carbons (Fsp3) is 0.286. The predicted molar refractivity (Wildman–Crippen MR) is 76.3 cm³/mol. The quantitative estimate of drug-likeness (QED) is 0.862. The molecule has 0 aliphatic carbocycles. The number of H-pyrrole nitrogens is 1. The lowest BCUT2D eigenvalue weighted by atomic mass is 10.2. The number of amides is 1. The van der Waals surface area contributed by atoms with Gasteiger partial charge in [-0.1, -0.05) is 0 Å². The van der Waals surface area contributed by atoms with E-state index < -0.39 is 0 Å². The van der Waals surface area contributed by atoms with Crippen molar-refractivity contribution in [2.24, 2.45) is 0 Å². The molecule has 2 N–H and O–H groups in total. The lowest BCUT2D eigenvalue weighted by Gasteiger charge is -2.17. The van der Waals surface area contributed by atoms with E-state index in [1.165, 1.54) is 0 Å². The standard InChI is InChI=1S/C14H18N4O/c1-3-15-13-7-6-12(10-17-13)18(2)14(19)9-11-5-4-8-16-11/h4-8,10,16H,3,9H2,1-2H3,(H,15,17). The van der Waals surface area contributed by atoms with Crippen LogP contribution in [0.2, 0.25) is 0 Å². The molecule has 0 saturated heterocycles. The Morgan fingerprint density at radius 3 is 2.84 bits per heavy atom. The van der Waals surface area contributed by atoms with Gasteiger partial charge < -0.3 is 15.2 Å². The highest BCUT2D eigenvalue weighted by Crippen LogP contribution is 2.14. The van der Waals surface area contributed by atoms with Gasteiger partial charge in [0.1, 0.15) is 5.82 Å². The molecule has 2 heterocycles. The largest absolute Gasteiger partial charge is 0.370 e. The van der Waals surface area contributed by atoms with E-state index >= 15 is 0 Å². The topological polar surface area (TPSA) is 61.0 Å². The molecular weight excluding hydrogens is 240 g/mol. The summed E-state index contributed by atoms with van der Waals surface area (Å²) in [4.78, 5) is 21.0. The van der Waals surface area contributed by atoms with E-state index in [1.807, 2.05) is 37.4 Å². The highest BCUT2D eigenvalue weighted by atomic mass is 16.2.